The molecule has 1 saturated heterocycles. The van der Waals surface area contributed by atoms with Crippen LogP contribution in [0.1, 0.15) is 47.3 Å². The predicted octanol–water partition coefficient (Wildman–Crippen LogP) is 5.93. The minimum atomic E-state index is -1.01. The van der Waals surface area contributed by atoms with Crippen LogP contribution in [0.3, 0.4) is 0 Å². The zero-order valence-electron chi connectivity index (χ0n) is 23.8. The van der Waals surface area contributed by atoms with E-state index in [1.165, 1.54) is 31.3 Å². The summed E-state index contributed by atoms with van der Waals surface area (Å²) in [6, 6.07) is 18.0. The van der Waals surface area contributed by atoms with Gasteiger partial charge in [-0.3, -0.25) is 4.79 Å². The number of amides is 2. The van der Waals surface area contributed by atoms with Gasteiger partial charge in [-0.15, -0.1) is 0 Å². The van der Waals surface area contributed by atoms with Gasteiger partial charge in [-0.25, -0.2) is 9.18 Å². The molecule has 2 N–H and O–H groups in total. The minimum absolute atomic E-state index is 0.108. The number of methoxy groups -OCH3 is 2. The van der Waals surface area contributed by atoms with E-state index in [-0.39, 0.29) is 31.3 Å². The number of hydrogen-bond acceptors (Lipinski definition) is 5. The zero-order chi connectivity index (χ0) is 29.8. The second-order valence-corrected chi connectivity index (χ2v) is 10.2. The molecule has 3 aromatic rings. The number of carbonyl (C=O) groups is 2. The standard InChI is InChI=1S/C33H33FN2O6/c1-20-25(13-22-14-28(40-2)32(29(15-22)41-3)30-19-36(33(38)39)11-12-42-30)24-10-9-23(34)16-27(24)26(20)17-31(37)35-18-21-7-5-4-6-8-21/h4-10,13-16,30H,11-12,17-19H2,1-3H3,(H,35,37)(H,38,39)/b25-13-. The van der Waals surface area contributed by atoms with Crippen LogP contribution < -0.4 is 14.8 Å². The fraction of sp³-hybridized carbons (Fsp3) is 0.273. The molecular weight excluding hydrogens is 539 g/mol. The summed E-state index contributed by atoms with van der Waals surface area (Å²) in [5.74, 6) is 0.469. The molecular formula is C33H33FN2O6. The minimum Gasteiger partial charge on any atom is -0.496 e. The molecule has 1 unspecified atom stereocenters. The van der Waals surface area contributed by atoms with E-state index in [9.17, 15) is 19.1 Å². The van der Waals surface area contributed by atoms with Gasteiger partial charge in [0.15, 0.2) is 0 Å². The van der Waals surface area contributed by atoms with Crippen molar-refractivity contribution in [2.24, 2.45) is 0 Å². The molecule has 2 aliphatic rings. The highest BCUT2D eigenvalue weighted by Crippen LogP contribution is 2.45. The molecule has 0 spiro atoms. The maximum atomic E-state index is 14.4. The molecule has 218 valence electrons. The number of hydrogen-bond donors (Lipinski definition) is 2. The summed E-state index contributed by atoms with van der Waals surface area (Å²) in [4.78, 5) is 25.8. The molecule has 42 heavy (non-hydrogen) atoms. The van der Waals surface area contributed by atoms with E-state index < -0.39 is 12.2 Å². The van der Waals surface area contributed by atoms with Gasteiger partial charge in [0.05, 0.1) is 39.4 Å². The Kier molecular flexibility index (Phi) is 8.59. The van der Waals surface area contributed by atoms with Crippen molar-refractivity contribution in [2.75, 3.05) is 33.9 Å². The maximum Gasteiger partial charge on any atom is 0.407 e. The Morgan fingerprint density at radius 1 is 1.07 bits per heavy atom. The summed E-state index contributed by atoms with van der Waals surface area (Å²) in [6.45, 7) is 3.04. The van der Waals surface area contributed by atoms with Gasteiger partial charge >= 0.3 is 6.09 Å². The van der Waals surface area contributed by atoms with Gasteiger partial charge in [0.2, 0.25) is 5.91 Å². The number of morpholine rings is 1. The first-order valence-electron chi connectivity index (χ1n) is 13.7. The van der Waals surface area contributed by atoms with Gasteiger partial charge in [0, 0.05) is 13.1 Å². The SMILES string of the molecule is COc1cc(/C=C2/C(C)=C(CC(=O)NCc3ccccc3)c3cc(F)ccc32)cc(OC)c1C1CN(C(=O)O)CCO1. The van der Waals surface area contributed by atoms with E-state index in [1.54, 1.807) is 6.07 Å². The van der Waals surface area contributed by atoms with Gasteiger partial charge in [0.1, 0.15) is 23.4 Å². The summed E-state index contributed by atoms with van der Waals surface area (Å²) in [5.41, 5.74) is 6.40. The van der Waals surface area contributed by atoms with Crippen LogP contribution >= 0.6 is 0 Å². The van der Waals surface area contributed by atoms with Crippen LogP contribution in [0.15, 0.2) is 66.2 Å². The van der Waals surface area contributed by atoms with Gasteiger partial charge in [-0.05, 0) is 76.2 Å². The quantitative estimate of drug-likeness (QED) is 0.347. The molecule has 2 amide bonds. The van der Waals surface area contributed by atoms with E-state index in [1.807, 2.05) is 55.5 Å². The highest BCUT2D eigenvalue weighted by molar-refractivity contribution is 6.08. The Bertz CT molecular complexity index is 1540. The molecule has 0 aromatic heterocycles. The molecule has 1 aliphatic heterocycles. The fourth-order valence-electron chi connectivity index (χ4n) is 5.53. The lowest BCUT2D eigenvalue weighted by Crippen LogP contribution is -2.41. The number of carbonyl (C=O) groups excluding carboxylic acids is 1. The first kappa shape index (κ1) is 28.9. The van der Waals surface area contributed by atoms with Gasteiger partial charge in [-0.1, -0.05) is 36.4 Å². The highest BCUT2D eigenvalue weighted by atomic mass is 19.1. The third-order valence-corrected chi connectivity index (χ3v) is 7.66. The van der Waals surface area contributed by atoms with Crippen molar-refractivity contribution in [2.45, 2.75) is 26.0 Å². The molecule has 1 fully saturated rings. The number of halogens is 1. The molecule has 0 bridgehead atoms. The Morgan fingerprint density at radius 3 is 2.45 bits per heavy atom. The summed E-state index contributed by atoms with van der Waals surface area (Å²) in [5, 5.41) is 12.4. The molecule has 3 aromatic carbocycles. The molecule has 0 saturated carbocycles. The summed E-state index contributed by atoms with van der Waals surface area (Å²) in [6.07, 6.45) is 0.503. The van der Waals surface area contributed by atoms with Crippen LogP contribution in [-0.2, 0) is 16.1 Å². The largest absolute Gasteiger partial charge is 0.496 e. The van der Waals surface area contributed by atoms with Gasteiger partial charge in [0.25, 0.3) is 0 Å². The first-order chi connectivity index (χ1) is 20.3. The Labute approximate surface area is 244 Å². The number of allylic oxidation sites excluding steroid dienone is 2. The van der Waals surface area contributed by atoms with E-state index in [2.05, 4.69) is 5.32 Å². The number of rotatable bonds is 8. The molecule has 1 atom stereocenters. The molecule has 1 aliphatic carbocycles. The smallest absolute Gasteiger partial charge is 0.407 e. The van der Waals surface area contributed by atoms with E-state index in [4.69, 9.17) is 14.2 Å². The van der Waals surface area contributed by atoms with Crippen LogP contribution in [0.2, 0.25) is 0 Å². The fourth-order valence-corrected chi connectivity index (χ4v) is 5.53. The lowest BCUT2D eigenvalue weighted by atomic mass is 9.97. The summed E-state index contributed by atoms with van der Waals surface area (Å²) in [7, 11) is 3.08. The van der Waals surface area contributed by atoms with Crippen LogP contribution in [0.4, 0.5) is 9.18 Å². The first-order valence-corrected chi connectivity index (χ1v) is 13.7. The lowest BCUT2D eigenvalue weighted by Gasteiger charge is -2.32. The van der Waals surface area contributed by atoms with E-state index in [0.29, 0.717) is 35.7 Å². The number of carboxylic acid groups (broad SMARTS) is 1. The molecule has 9 heteroatoms. The lowest BCUT2D eigenvalue weighted by molar-refractivity contribution is -0.120. The molecule has 5 rings (SSSR count). The van der Waals surface area contributed by atoms with Crippen molar-refractivity contribution < 1.29 is 33.3 Å². The maximum absolute atomic E-state index is 14.4. The van der Waals surface area contributed by atoms with Gasteiger partial charge < -0.3 is 29.5 Å². The van der Waals surface area contributed by atoms with Crippen molar-refractivity contribution in [3.05, 3.63) is 99.9 Å². The number of ether oxygens (including phenoxy) is 3. The predicted molar refractivity (Wildman–Crippen MR) is 158 cm³/mol. The van der Waals surface area contributed by atoms with Crippen LogP contribution in [-0.4, -0.2) is 55.9 Å². The Morgan fingerprint density at radius 2 is 1.79 bits per heavy atom. The monoisotopic (exact) mass is 572 g/mol. The second kappa shape index (κ2) is 12.5. The topological polar surface area (TPSA) is 97.3 Å². The van der Waals surface area contributed by atoms with Crippen molar-refractivity contribution in [1.82, 2.24) is 10.2 Å². The third kappa shape index (κ3) is 6.01. The molecule has 8 nitrogen and oxygen atoms in total. The average Bonchev–Trinajstić information content (AvgIpc) is 3.25. The molecule has 1 heterocycles. The van der Waals surface area contributed by atoms with E-state index >= 15 is 0 Å². The average molecular weight is 573 g/mol. The van der Waals surface area contributed by atoms with Crippen LogP contribution in [0.25, 0.3) is 17.2 Å². The van der Waals surface area contributed by atoms with Crippen molar-refractivity contribution in [1.29, 1.82) is 0 Å². The third-order valence-electron chi connectivity index (χ3n) is 7.66. The highest BCUT2D eigenvalue weighted by Gasteiger charge is 2.31. The Hall–Kier alpha value is -4.63. The second-order valence-electron chi connectivity index (χ2n) is 10.2. The summed E-state index contributed by atoms with van der Waals surface area (Å²) >= 11 is 0. The zero-order valence-corrected chi connectivity index (χ0v) is 23.8. The van der Waals surface area contributed by atoms with Gasteiger partial charge in [-0.2, -0.15) is 0 Å². The van der Waals surface area contributed by atoms with Crippen LogP contribution in [0, 0.1) is 5.82 Å². The molecule has 0 radical (unpaired) electrons. The number of nitrogens with one attached hydrogen (secondary N) is 1. The van der Waals surface area contributed by atoms with Crippen LogP contribution in [0.5, 0.6) is 11.5 Å². The number of benzene rings is 3. The number of fused-ring (bicyclic) bond motifs is 1. The van der Waals surface area contributed by atoms with Crippen molar-refractivity contribution in [3.8, 4) is 11.5 Å². The normalized spacial score (nSPS) is 17.3. The summed E-state index contributed by atoms with van der Waals surface area (Å²) < 4.78 is 31.7. The number of nitrogens with zero attached hydrogens (tertiary/aromatic N) is 1. The Balaban J connectivity index is 1.48. The van der Waals surface area contributed by atoms with E-state index in [0.717, 1.165) is 33.4 Å². The van der Waals surface area contributed by atoms with Crippen molar-refractivity contribution >= 4 is 29.2 Å². The van der Waals surface area contributed by atoms with Crippen molar-refractivity contribution in [3.63, 3.8) is 0 Å².